The normalized spacial score (nSPS) is 13.0. The van der Waals surface area contributed by atoms with Crippen LogP contribution in [-0.2, 0) is 6.42 Å². The highest BCUT2D eigenvalue weighted by molar-refractivity contribution is 5.84. The average molecular weight is 240 g/mol. The van der Waals surface area contributed by atoms with Gasteiger partial charge >= 0.3 is 0 Å². The van der Waals surface area contributed by atoms with Crippen LogP contribution in [0.4, 0.5) is 0 Å². The molecule has 3 aromatic rings. The number of nitrogens with one attached hydrogen (secondary N) is 2. The number of nitrogens with two attached hydrogens (primary N) is 1. The van der Waals surface area contributed by atoms with E-state index in [1.165, 1.54) is 16.6 Å². The second kappa shape index (κ2) is 4.31. The molecule has 18 heavy (non-hydrogen) atoms. The van der Waals surface area contributed by atoms with Gasteiger partial charge in [0.25, 0.3) is 0 Å². The topological polar surface area (TPSA) is 70.5 Å². The molecular weight excluding hydrogens is 224 g/mol. The predicted octanol–water partition coefficient (Wildman–Crippen LogP) is 2.44. The summed E-state index contributed by atoms with van der Waals surface area (Å²) in [7, 11) is 0. The van der Waals surface area contributed by atoms with Crippen molar-refractivity contribution >= 4 is 10.9 Å². The maximum Gasteiger partial charge on any atom is 0.123 e. The largest absolute Gasteiger partial charge is 0.358 e. The van der Waals surface area contributed by atoms with Gasteiger partial charge in [-0.25, -0.2) is 4.98 Å². The monoisotopic (exact) mass is 240 g/mol. The first-order valence-electron chi connectivity index (χ1n) is 6.06. The summed E-state index contributed by atoms with van der Waals surface area (Å²) in [5, 5.41) is 1.25. The Bertz CT molecular complexity index is 652. The molecule has 0 saturated carbocycles. The number of aromatic amines is 2. The van der Waals surface area contributed by atoms with Gasteiger partial charge in [-0.05, 0) is 25.0 Å². The van der Waals surface area contributed by atoms with Crippen LogP contribution in [0, 0.1) is 6.92 Å². The number of benzene rings is 1. The number of imidazole rings is 1. The van der Waals surface area contributed by atoms with Gasteiger partial charge in [0, 0.05) is 29.0 Å². The quantitative estimate of drug-likeness (QED) is 0.658. The molecule has 0 aliphatic rings. The Morgan fingerprint density at radius 1 is 1.33 bits per heavy atom. The first kappa shape index (κ1) is 11.0. The van der Waals surface area contributed by atoms with Crippen LogP contribution in [-0.4, -0.2) is 15.0 Å². The van der Waals surface area contributed by atoms with Crippen LogP contribution in [0.25, 0.3) is 10.9 Å². The van der Waals surface area contributed by atoms with Crippen molar-refractivity contribution in [2.75, 3.05) is 0 Å². The number of aromatic nitrogens is 3. The van der Waals surface area contributed by atoms with Gasteiger partial charge in [-0.3, -0.25) is 0 Å². The highest BCUT2D eigenvalue weighted by atomic mass is 14.9. The Labute approximate surface area is 105 Å². The number of para-hydroxylation sites is 1. The Kier molecular flexibility index (Phi) is 2.64. The third-order valence-electron chi connectivity index (χ3n) is 3.32. The van der Waals surface area contributed by atoms with Crippen molar-refractivity contribution < 1.29 is 0 Å². The van der Waals surface area contributed by atoms with E-state index in [2.05, 4.69) is 40.1 Å². The SMILES string of the molecule is Cc1[nH]c2ccccc2c1CC(N)c1ncc[nH]1. The number of hydrogen-bond donors (Lipinski definition) is 3. The van der Waals surface area contributed by atoms with E-state index >= 15 is 0 Å². The summed E-state index contributed by atoms with van der Waals surface area (Å²) in [5.41, 5.74) is 9.80. The van der Waals surface area contributed by atoms with Gasteiger partial charge in [-0.15, -0.1) is 0 Å². The number of fused-ring (bicyclic) bond motifs is 1. The number of H-pyrrole nitrogens is 2. The van der Waals surface area contributed by atoms with Gasteiger partial charge in [0.15, 0.2) is 0 Å². The molecule has 0 fully saturated rings. The summed E-state index contributed by atoms with van der Waals surface area (Å²) in [5.74, 6) is 0.833. The van der Waals surface area contributed by atoms with Crippen molar-refractivity contribution in [3.8, 4) is 0 Å². The smallest absolute Gasteiger partial charge is 0.123 e. The van der Waals surface area contributed by atoms with E-state index in [4.69, 9.17) is 5.73 Å². The second-order valence-corrected chi connectivity index (χ2v) is 4.56. The minimum Gasteiger partial charge on any atom is -0.358 e. The molecule has 2 heterocycles. The maximum atomic E-state index is 6.18. The van der Waals surface area contributed by atoms with E-state index in [0.29, 0.717) is 0 Å². The molecule has 1 atom stereocenters. The molecular formula is C14H16N4. The summed E-state index contributed by atoms with van der Waals surface area (Å²) < 4.78 is 0. The lowest BCUT2D eigenvalue weighted by Crippen LogP contribution is -2.15. The lowest BCUT2D eigenvalue weighted by Gasteiger charge is -2.09. The zero-order valence-electron chi connectivity index (χ0n) is 10.3. The van der Waals surface area contributed by atoms with Gasteiger partial charge in [0.05, 0.1) is 6.04 Å². The lowest BCUT2D eigenvalue weighted by molar-refractivity contribution is 0.678. The van der Waals surface area contributed by atoms with Crippen molar-refractivity contribution in [2.24, 2.45) is 5.73 Å². The van der Waals surface area contributed by atoms with Crippen molar-refractivity contribution in [3.63, 3.8) is 0 Å². The van der Waals surface area contributed by atoms with Gasteiger partial charge in [-0.1, -0.05) is 18.2 Å². The molecule has 0 aliphatic carbocycles. The first-order chi connectivity index (χ1) is 8.75. The minimum atomic E-state index is -0.0992. The number of nitrogens with zero attached hydrogens (tertiary/aromatic N) is 1. The molecule has 0 aliphatic heterocycles. The van der Waals surface area contributed by atoms with Crippen molar-refractivity contribution in [1.82, 2.24) is 15.0 Å². The summed E-state index contributed by atoms with van der Waals surface area (Å²) in [6.07, 6.45) is 4.32. The fourth-order valence-corrected chi connectivity index (χ4v) is 2.39. The summed E-state index contributed by atoms with van der Waals surface area (Å²) in [6, 6.07) is 8.21. The average Bonchev–Trinajstić information content (AvgIpc) is 2.98. The third kappa shape index (κ3) is 1.80. The zero-order valence-corrected chi connectivity index (χ0v) is 10.3. The van der Waals surface area contributed by atoms with Crippen LogP contribution >= 0.6 is 0 Å². The summed E-state index contributed by atoms with van der Waals surface area (Å²) in [4.78, 5) is 10.7. The molecule has 4 heteroatoms. The Morgan fingerprint density at radius 3 is 2.94 bits per heavy atom. The molecule has 92 valence electrons. The molecule has 0 bridgehead atoms. The van der Waals surface area contributed by atoms with Crippen molar-refractivity contribution in [1.29, 1.82) is 0 Å². The fourth-order valence-electron chi connectivity index (χ4n) is 2.39. The van der Waals surface area contributed by atoms with Crippen LogP contribution in [0.15, 0.2) is 36.7 Å². The zero-order chi connectivity index (χ0) is 12.5. The van der Waals surface area contributed by atoms with Crippen LogP contribution in [0.1, 0.15) is 23.1 Å². The van der Waals surface area contributed by atoms with E-state index in [0.717, 1.165) is 17.8 Å². The summed E-state index contributed by atoms with van der Waals surface area (Å²) >= 11 is 0. The highest BCUT2D eigenvalue weighted by Gasteiger charge is 2.14. The molecule has 4 N–H and O–H groups in total. The molecule has 1 unspecified atom stereocenters. The molecule has 0 radical (unpaired) electrons. The number of rotatable bonds is 3. The van der Waals surface area contributed by atoms with Crippen molar-refractivity contribution in [2.45, 2.75) is 19.4 Å². The molecule has 0 saturated heterocycles. The molecule has 3 rings (SSSR count). The number of hydrogen-bond acceptors (Lipinski definition) is 2. The molecule has 1 aromatic carbocycles. The van der Waals surface area contributed by atoms with Crippen LogP contribution in [0.3, 0.4) is 0 Å². The molecule has 0 amide bonds. The van der Waals surface area contributed by atoms with Crippen LogP contribution < -0.4 is 5.73 Å². The first-order valence-corrected chi connectivity index (χ1v) is 6.06. The van der Waals surface area contributed by atoms with E-state index in [1.807, 2.05) is 6.07 Å². The standard InChI is InChI=1S/C14H16N4/c1-9-11(8-12(15)14-16-6-7-17-14)10-4-2-3-5-13(10)18-9/h2-7,12,18H,8,15H2,1H3,(H,16,17). The fraction of sp³-hybridized carbons (Fsp3) is 0.214. The Morgan fingerprint density at radius 2 is 2.17 bits per heavy atom. The lowest BCUT2D eigenvalue weighted by atomic mass is 10.0. The van der Waals surface area contributed by atoms with E-state index < -0.39 is 0 Å². The number of aryl methyl sites for hydroxylation is 1. The van der Waals surface area contributed by atoms with E-state index in [9.17, 15) is 0 Å². The minimum absolute atomic E-state index is 0.0992. The Hall–Kier alpha value is -2.07. The van der Waals surface area contributed by atoms with Crippen molar-refractivity contribution in [3.05, 3.63) is 53.7 Å². The van der Waals surface area contributed by atoms with E-state index in [-0.39, 0.29) is 6.04 Å². The van der Waals surface area contributed by atoms with E-state index in [1.54, 1.807) is 12.4 Å². The van der Waals surface area contributed by atoms with Gasteiger partial charge < -0.3 is 15.7 Å². The third-order valence-corrected chi connectivity index (χ3v) is 3.32. The maximum absolute atomic E-state index is 6.18. The van der Waals surface area contributed by atoms with Gasteiger partial charge in [-0.2, -0.15) is 0 Å². The predicted molar refractivity (Wildman–Crippen MR) is 72.3 cm³/mol. The molecule has 2 aromatic heterocycles. The van der Waals surface area contributed by atoms with Crippen LogP contribution in [0.2, 0.25) is 0 Å². The summed E-state index contributed by atoms with van der Waals surface area (Å²) in [6.45, 7) is 2.09. The van der Waals surface area contributed by atoms with Crippen LogP contribution in [0.5, 0.6) is 0 Å². The molecule has 0 spiro atoms. The van der Waals surface area contributed by atoms with Gasteiger partial charge in [0.1, 0.15) is 5.82 Å². The highest BCUT2D eigenvalue weighted by Crippen LogP contribution is 2.25. The second-order valence-electron chi connectivity index (χ2n) is 4.56. The van der Waals surface area contributed by atoms with Gasteiger partial charge in [0.2, 0.25) is 0 Å². The Balaban J connectivity index is 1.97. The molecule has 4 nitrogen and oxygen atoms in total.